The summed E-state index contributed by atoms with van der Waals surface area (Å²) in [5.41, 5.74) is 8.67. The largest absolute Gasteiger partial charge is 0.486 e. The predicted octanol–water partition coefficient (Wildman–Crippen LogP) is 3.98. The van der Waals surface area contributed by atoms with Gasteiger partial charge in [0, 0.05) is 24.3 Å². The van der Waals surface area contributed by atoms with Gasteiger partial charge in [-0.2, -0.15) is 0 Å². The maximum Gasteiger partial charge on any atom is 0.163 e. The summed E-state index contributed by atoms with van der Waals surface area (Å²) in [5.74, 6) is 2.96. The number of benzene rings is 1. The fourth-order valence-corrected chi connectivity index (χ4v) is 5.68. The Balaban J connectivity index is 1.42. The van der Waals surface area contributed by atoms with Crippen LogP contribution in [0, 0.1) is 10.8 Å². The molecule has 7 nitrogen and oxygen atoms in total. The van der Waals surface area contributed by atoms with Crippen molar-refractivity contribution >= 4 is 23.0 Å². The number of aromatic nitrogens is 2. The van der Waals surface area contributed by atoms with Gasteiger partial charge in [-0.1, -0.05) is 20.8 Å². The smallest absolute Gasteiger partial charge is 0.163 e. The van der Waals surface area contributed by atoms with Gasteiger partial charge in [-0.3, -0.25) is 0 Å². The van der Waals surface area contributed by atoms with Crippen molar-refractivity contribution in [1.82, 2.24) is 9.97 Å². The van der Waals surface area contributed by atoms with Crippen molar-refractivity contribution < 1.29 is 9.47 Å². The third kappa shape index (κ3) is 3.32. The summed E-state index contributed by atoms with van der Waals surface area (Å²) in [4.78, 5) is 11.4. The van der Waals surface area contributed by atoms with Gasteiger partial charge in [-0.05, 0) is 42.2 Å². The lowest BCUT2D eigenvalue weighted by Gasteiger charge is -2.39. The van der Waals surface area contributed by atoms with E-state index in [0.717, 1.165) is 36.0 Å². The summed E-state index contributed by atoms with van der Waals surface area (Å²) in [7, 11) is 0. The molecule has 3 N–H and O–H groups in total. The van der Waals surface area contributed by atoms with Crippen molar-refractivity contribution in [2.75, 3.05) is 35.7 Å². The third-order valence-electron chi connectivity index (χ3n) is 6.35. The van der Waals surface area contributed by atoms with E-state index in [1.165, 1.54) is 12.8 Å². The Morgan fingerprint density at radius 2 is 1.90 bits per heavy atom. The van der Waals surface area contributed by atoms with Crippen molar-refractivity contribution in [2.24, 2.45) is 10.8 Å². The van der Waals surface area contributed by atoms with Gasteiger partial charge in [0.1, 0.15) is 25.2 Å². The van der Waals surface area contributed by atoms with E-state index < -0.39 is 0 Å². The average molecular weight is 396 g/mol. The van der Waals surface area contributed by atoms with Gasteiger partial charge in [-0.25, -0.2) is 9.97 Å². The van der Waals surface area contributed by atoms with Crippen LogP contribution in [0.4, 0.5) is 23.0 Å². The number of fused-ring (bicyclic) bond motifs is 3. The number of nitrogens with zero attached hydrogens (tertiary/aromatic N) is 3. The first-order valence-corrected chi connectivity index (χ1v) is 10.4. The Labute approximate surface area is 171 Å². The molecule has 1 aromatic heterocycles. The van der Waals surface area contributed by atoms with Gasteiger partial charge in [0.25, 0.3) is 0 Å². The number of nitrogens with one attached hydrogen (secondary N) is 1. The highest BCUT2D eigenvalue weighted by molar-refractivity contribution is 5.79. The number of hydrogen-bond acceptors (Lipinski definition) is 7. The molecule has 0 amide bonds. The van der Waals surface area contributed by atoms with Crippen LogP contribution in [0.1, 0.15) is 40.0 Å². The zero-order chi connectivity index (χ0) is 20.2. The fraction of sp³-hybridized carbons (Fsp3) is 0.545. The van der Waals surface area contributed by atoms with E-state index >= 15 is 0 Å². The van der Waals surface area contributed by atoms with Crippen molar-refractivity contribution in [2.45, 2.75) is 46.1 Å². The monoisotopic (exact) mass is 395 g/mol. The number of nitrogen functional groups attached to an aromatic ring is 1. The fourth-order valence-electron chi connectivity index (χ4n) is 5.68. The van der Waals surface area contributed by atoms with E-state index in [4.69, 9.17) is 15.2 Å². The summed E-state index contributed by atoms with van der Waals surface area (Å²) in [6.45, 7) is 9.27. The molecule has 1 saturated heterocycles. The zero-order valence-corrected chi connectivity index (χ0v) is 17.4. The first-order chi connectivity index (χ1) is 13.8. The molecule has 2 atom stereocenters. The standard InChI is InChI=1S/C22H29N5O2/c1-21(2)9-15-10-22(3,11-21)12-27(15)20-18(23)19(24-13-25-20)26-14-4-5-16-17(8-14)29-7-6-28-16/h4-5,8,13,15H,6-7,9-12,23H2,1-3H3,(H,24,25,26). The first kappa shape index (κ1) is 18.3. The molecule has 1 aromatic carbocycles. The molecule has 0 spiro atoms. The number of nitrogens with two attached hydrogens (primary N) is 1. The number of hydrogen-bond donors (Lipinski definition) is 2. The van der Waals surface area contributed by atoms with Gasteiger partial charge in [0.05, 0.1) is 0 Å². The molecular weight excluding hydrogens is 366 g/mol. The number of rotatable bonds is 3. The molecule has 0 radical (unpaired) electrons. The summed E-state index contributed by atoms with van der Waals surface area (Å²) in [5, 5.41) is 3.33. The van der Waals surface area contributed by atoms with E-state index in [1.807, 2.05) is 18.2 Å². The van der Waals surface area contributed by atoms with Gasteiger partial charge in [-0.15, -0.1) is 0 Å². The lowest BCUT2D eigenvalue weighted by atomic mass is 9.65. The number of ether oxygens (including phenoxy) is 2. The molecule has 5 rings (SSSR count). The molecule has 2 bridgehead atoms. The predicted molar refractivity (Wildman–Crippen MR) is 114 cm³/mol. The summed E-state index contributed by atoms with van der Waals surface area (Å²) in [6.07, 6.45) is 5.20. The topological polar surface area (TPSA) is 85.5 Å². The normalized spacial score (nSPS) is 27.0. The molecule has 154 valence electrons. The van der Waals surface area contributed by atoms with Gasteiger partial charge in [0.15, 0.2) is 23.1 Å². The molecule has 2 aromatic rings. The summed E-state index contributed by atoms with van der Waals surface area (Å²) < 4.78 is 11.3. The van der Waals surface area contributed by atoms with E-state index in [0.29, 0.717) is 41.6 Å². The third-order valence-corrected chi connectivity index (χ3v) is 6.35. The molecule has 2 aliphatic heterocycles. The number of anilines is 4. The second-order valence-electron chi connectivity index (χ2n) is 9.78. The summed E-state index contributed by atoms with van der Waals surface area (Å²) in [6, 6.07) is 6.24. The Morgan fingerprint density at radius 3 is 2.72 bits per heavy atom. The Bertz CT molecular complexity index is 947. The van der Waals surface area contributed by atoms with Crippen molar-refractivity contribution in [3.63, 3.8) is 0 Å². The van der Waals surface area contributed by atoms with Gasteiger partial charge in [0.2, 0.25) is 0 Å². The highest BCUT2D eigenvalue weighted by atomic mass is 16.6. The lowest BCUT2D eigenvalue weighted by molar-refractivity contribution is 0.136. The maximum atomic E-state index is 6.56. The van der Waals surface area contributed by atoms with Crippen LogP contribution >= 0.6 is 0 Å². The van der Waals surface area contributed by atoms with Crippen LogP contribution in [0.3, 0.4) is 0 Å². The Morgan fingerprint density at radius 1 is 1.10 bits per heavy atom. The highest BCUT2D eigenvalue weighted by Gasteiger charge is 2.50. The Kier molecular flexibility index (Phi) is 4.05. The molecule has 7 heteroatoms. The van der Waals surface area contributed by atoms with Crippen LogP contribution < -0.4 is 25.4 Å². The van der Waals surface area contributed by atoms with Crippen LogP contribution in [0.15, 0.2) is 24.5 Å². The minimum atomic E-state index is 0.313. The van der Waals surface area contributed by atoms with E-state index in [9.17, 15) is 0 Å². The second-order valence-corrected chi connectivity index (χ2v) is 9.78. The first-order valence-electron chi connectivity index (χ1n) is 10.4. The van der Waals surface area contributed by atoms with Gasteiger partial charge < -0.3 is 25.4 Å². The van der Waals surface area contributed by atoms with Crippen molar-refractivity contribution in [3.8, 4) is 11.5 Å². The minimum Gasteiger partial charge on any atom is -0.486 e. The molecule has 3 heterocycles. The molecule has 1 saturated carbocycles. The van der Waals surface area contributed by atoms with Crippen LogP contribution in [0.25, 0.3) is 0 Å². The average Bonchev–Trinajstić information content (AvgIpc) is 2.92. The second kappa shape index (κ2) is 6.40. The molecule has 2 unspecified atom stereocenters. The summed E-state index contributed by atoms with van der Waals surface area (Å²) >= 11 is 0. The van der Waals surface area contributed by atoms with Crippen LogP contribution in [-0.2, 0) is 0 Å². The van der Waals surface area contributed by atoms with Crippen LogP contribution in [-0.4, -0.2) is 35.8 Å². The quantitative estimate of drug-likeness (QED) is 0.813. The molecule has 3 aliphatic rings. The minimum absolute atomic E-state index is 0.313. The zero-order valence-electron chi connectivity index (χ0n) is 17.4. The highest BCUT2D eigenvalue weighted by Crippen LogP contribution is 2.54. The van der Waals surface area contributed by atoms with Crippen LogP contribution in [0.2, 0.25) is 0 Å². The SMILES string of the molecule is CC1(C)CC2CC(C)(CN2c2ncnc(Nc3ccc4c(c3)OCCO4)c2N)C1. The van der Waals surface area contributed by atoms with Crippen molar-refractivity contribution in [1.29, 1.82) is 0 Å². The lowest BCUT2D eigenvalue weighted by Crippen LogP contribution is -2.35. The van der Waals surface area contributed by atoms with Crippen LogP contribution in [0.5, 0.6) is 11.5 Å². The molecule has 1 aliphatic carbocycles. The van der Waals surface area contributed by atoms with Gasteiger partial charge >= 0.3 is 0 Å². The molecule has 2 fully saturated rings. The van der Waals surface area contributed by atoms with Crippen molar-refractivity contribution in [3.05, 3.63) is 24.5 Å². The maximum absolute atomic E-state index is 6.56. The van der Waals surface area contributed by atoms with E-state index in [1.54, 1.807) is 6.33 Å². The van der Waals surface area contributed by atoms with E-state index in [-0.39, 0.29) is 0 Å². The molecule has 29 heavy (non-hydrogen) atoms. The molecular formula is C22H29N5O2. The van der Waals surface area contributed by atoms with E-state index in [2.05, 4.69) is 41.0 Å². The Hall–Kier alpha value is -2.70.